The van der Waals surface area contributed by atoms with Crippen molar-refractivity contribution in [2.75, 3.05) is 33.7 Å². The van der Waals surface area contributed by atoms with Crippen LogP contribution in [0, 0.1) is 0 Å². The number of nitrogens with zero attached hydrogens (tertiary/aromatic N) is 3. The summed E-state index contributed by atoms with van der Waals surface area (Å²) >= 11 is 1.80. The quantitative estimate of drug-likeness (QED) is 0.902. The Morgan fingerprint density at radius 3 is 2.78 bits per heavy atom. The van der Waals surface area contributed by atoms with Gasteiger partial charge in [-0.25, -0.2) is 4.98 Å². The largest absolute Gasteiger partial charge is 0.326 e. The van der Waals surface area contributed by atoms with Crippen LogP contribution in [0.4, 0.5) is 0 Å². The Bertz CT molecular complexity index is 369. The molecule has 18 heavy (non-hydrogen) atoms. The maximum absolute atomic E-state index is 5.81. The fraction of sp³-hybridized carbons (Fsp3) is 0.769. The first kappa shape index (κ1) is 13.9. The number of nitrogens with two attached hydrogens (primary N) is 1. The van der Waals surface area contributed by atoms with Gasteiger partial charge in [-0.2, -0.15) is 0 Å². The van der Waals surface area contributed by atoms with Crippen molar-refractivity contribution in [3.63, 3.8) is 0 Å². The van der Waals surface area contributed by atoms with Gasteiger partial charge < -0.3 is 10.6 Å². The molecule has 1 unspecified atom stereocenters. The zero-order valence-electron chi connectivity index (χ0n) is 11.6. The van der Waals surface area contributed by atoms with Gasteiger partial charge in [-0.3, -0.25) is 4.90 Å². The van der Waals surface area contributed by atoms with Gasteiger partial charge in [-0.05, 0) is 40.0 Å². The predicted molar refractivity (Wildman–Crippen MR) is 76.9 cm³/mol. The van der Waals surface area contributed by atoms with Gasteiger partial charge in [0.25, 0.3) is 0 Å². The molecule has 0 bridgehead atoms. The summed E-state index contributed by atoms with van der Waals surface area (Å²) in [6.45, 7) is 6.16. The Balaban J connectivity index is 2.24. The average molecular weight is 268 g/mol. The first-order valence-corrected chi connectivity index (χ1v) is 7.54. The van der Waals surface area contributed by atoms with Crippen LogP contribution in [0.2, 0.25) is 0 Å². The minimum Gasteiger partial charge on any atom is -0.326 e. The summed E-state index contributed by atoms with van der Waals surface area (Å²) in [5, 5.41) is 1.24. The van der Waals surface area contributed by atoms with E-state index in [0.29, 0.717) is 12.6 Å². The van der Waals surface area contributed by atoms with Crippen LogP contribution in [0.25, 0.3) is 0 Å². The molecule has 1 aromatic heterocycles. The van der Waals surface area contributed by atoms with Crippen LogP contribution in [0.5, 0.6) is 0 Å². The lowest BCUT2D eigenvalue weighted by Crippen LogP contribution is -2.30. The van der Waals surface area contributed by atoms with Crippen LogP contribution in [0.1, 0.15) is 35.0 Å². The van der Waals surface area contributed by atoms with Crippen molar-refractivity contribution in [1.29, 1.82) is 0 Å². The van der Waals surface area contributed by atoms with Crippen LogP contribution >= 0.6 is 11.3 Å². The van der Waals surface area contributed by atoms with Crippen LogP contribution in [-0.4, -0.2) is 48.5 Å². The van der Waals surface area contributed by atoms with E-state index >= 15 is 0 Å². The standard InChI is InChI=1S/C13H24N4S/c1-4-10-12(8-14)18-13(15-10)11-9-16(2)6-5-7-17(11)3/h11H,4-9,14H2,1-3H3. The smallest absolute Gasteiger partial charge is 0.112 e. The molecule has 5 heteroatoms. The number of hydrogen-bond donors (Lipinski definition) is 1. The summed E-state index contributed by atoms with van der Waals surface area (Å²) in [5.41, 5.74) is 7.00. The van der Waals surface area contributed by atoms with E-state index in [1.165, 1.54) is 28.5 Å². The molecule has 0 radical (unpaired) electrons. The van der Waals surface area contributed by atoms with Crippen molar-refractivity contribution in [3.8, 4) is 0 Å². The van der Waals surface area contributed by atoms with E-state index in [2.05, 4.69) is 30.8 Å². The Labute approximate surface area is 114 Å². The molecule has 0 amide bonds. The number of aromatic nitrogens is 1. The van der Waals surface area contributed by atoms with E-state index in [9.17, 15) is 0 Å². The van der Waals surface area contributed by atoms with Gasteiger partial charge in [0.2, 0.25) is 0 Å². The van der Waals surface area contributed by atoms with Gasteiger partial charge in [0, 0.05) is 18.0 Å². The van der Waals surface area contributed by atoms with Gasteiger partial charge >= 0.3 is 0 Å². The number of likely N-dealkylation sites (N-methyl/N-ethyl adjacent to an activating group) is 2. The van der Waals surface area contributed by atoms with Gasteiger partial charge in [-0.15, -0.1) is 11.3 Å². The van der Waals surface area contributed by atoms with Gasteiger partial charge in [0.05, 0.1) is 11.7 Å². The molecule has 1 aromatic rings. The van der Waals surface area contributed by atoms with Gasteiger partial charge in [-0.1, -0.05) is 6.92 Å². The first-order chi connectivity index (χ1) is 8.65. The monoisotopic (exact) mass is 268 g/mol. The third-order valence-electron chi connectivity index (χ3n) is 3.67. The minimum absolute atomic E-state index is 0.424. The Morgan fingerprint density at radius 1 is 1.39 bits per heavy atom. The zero-order chi connectivity index (χ0) is 13.1. The fourth-order valence-electron chi connectivity index (χ4n) is 2.52. The molecule has 1 aliphatic heterocycles. The maximum atomic E-state index is 5.81. The molecule has 2 rings (SSSR count). The number of hydrogen-bond acceptors (Lipinski definition) is 5. The van der Waals surface area contributed by atoms with Gasteiger partial charge in [0.1, 0.15) is 5.01 Å². The summed E-state index contributed by atoms with van der Waals surface area (Å²) in [6, 6.07) is 0.424. The zero-order valence-corrected chi connectivity index (χ0v) is 12.5. The lowest BCUT2D eigenvalue weighted by Gasteiger charge is -2.25. The van der Waals surface area contributed by atoms with E-state index < -0.39 is 0 Å². The molecule has 1 atom stereocenters. The lowest BCUT2D eigenvalue weighted by molar-refractivity contribution is 0.228. The highest BCUT2D eigenvalue weighted by Gasteiger charge is 2.25. The summed E-state index contributed by atoms with van der Waals surface area (Å²) in [7, 11) is 4.41. The normalized spacial score (nSPS) is 23.2. The third kappa shape index (κ3) is 2.91. The summed E-state index contributed by atoms with van der Waals surface area (Å²) < 4.78 is 0. The second-order valence-corrected chi connectivity index (χ2v) is 6.21. The van der Waals surface area contributed by atoms with Crippen molar-refractivity contribution in [2.45, 2.75) is 32.4 Å². The molecule has 1 aliphatic rings. The Kier molecular flexibility index (Phi) is 4.72. The van der Waals surface area contributed by atoms with E-state index in [-0.39, 0.29) is 0 Å². The molecule has 1 fully saturated rings. The van der Waals surface area contributed by atoms with Crippen molar-refractivity contribution in [2.24, 2.45) is 5.73 Å². The maximum Gasteiger partial charge on any atom is 0.112 e. The van der Waals surface area contributed by atoms with E-state index in [0.717, 1.165) is 19.5 Å². The summed E-state index contributed by atoms with van der Waals surface area (Å²) in [6.07, 6.45) is 2.22. The molecule has 2 N–H and O–H groups in total. The Morgan fingerprint density at radius 2 is 2.17 bits per heavy atom. The highest BCUT2D eigenvalue weighted by molar-refractivity contribution is 7.11. The van der Waals surface area contributed by atoms with E-state index in [4.69, 9.17) is 10.7 Å². The number of aryl methyl sites for hydroxylation is 1. The van der Waals surface area contributed by atoms with Gasteiger partial charge in [0.15, 0.2) is 0 Å². The molecule has 0 spiro atoms. The molecule has 102 valence electrons. The van der Waals surface area contributed by atoms with Crippen LogP contribution in [0.3, 0.4) is 0 Å². The fourth-order valence-corrected chi connectivity index (χ4v) is 3.71. The van der Waals surface area contributed by atoms with Crippen LogP contribution in [-0.2, 0) is 13.0 Å². The highest BCUT2D eigenvalue weighted by atomic mass is 32.1. The van der Waals surface area contributed by atoms with Crippen molar-refractivity contribution in [1.82, 2.24) is 14.8 Å². The van der Waals surface area contributed by atoms with E-state index in [1.54, 1.807) is 11.3 Å². The van der Waals surface area contributed by atoms with Crippen molar-refractivity contribution >= 4 is 11.3 Å². The first-order valence-electron chi connectivity index (χ1n) is 6.73. The molecule has 2 heterocycles. The topological polar surface area (TPSA) is 45.4 Å². The molecule has 0 saturated carbocycles. The lowest BCUT2D eigenvalue weighted by atomic mass is 10.2. The number of rotatable bonds is 3. The Hall–Kier alpha value is -0.490. The number of thiazole rings is 1. The second-order valence-electron chi connectivity index (χ2n) is 5.09. The van der Waals surface area contributed by atoms with Crippen LogP contribution < -0.4 is 5.73 Å². The van der Waals surface area contributed by atoms with Crippen molar-refractivity contribution in [3.05, 3.63) is 15.6 Å². The summed E-state index contributed by atoms with van der Waals surface area (Å²) in [4.78, 5) is 10.9. The third-order valence-corrected chi connectivity index (χ3v) is 4.89. The SMILES string of the molecule is CCc1nc(C2CN(C)CCCN2C)sc1CN. The van der Waals surface area contributed by atoms with Crippen molar-refractivity contribution < 1.29 is 0 Å². The van der Waals surface area contributed by atoms with Crippen LogP contribution in [0.15, 0.2) is 0 Å². The summed E-state index contributed by atoms with van der Waals surface area (Å²) in [5.74, 6) is 0. The molecule has 0 aromatic carbocycles. The molecule has 1 saturated heterocycles. The molecular weight excluding hydrogens is 244 g/mol. The van der Waals surface area contributed by atoms with E-state index in [1.807, 2.05) is 0 Å². The minimum atomic E-state index is 0.424. The molecule has 4 nitrogen and oxygen atoms in total. The molecule has 0 aliphatic carbocycles. The highest BCUT2D eigenvalue weighted by Crippen LogP contribution is 2.29. The second kappa shape index (κ2) is 6.10. The molecular formula is C13H24N4S. The predicted octanol–water partition coefficient (Wildman–Crippen LogP) is 1.47. The average Bonchev–Trinajstić information content (AvgIpc) is 2.70.